The summed E-state index contributed by atoms with van der Waals surface area (Å²) in [5, 5.41) is 7.32. The number of aryl methyl sites for hydroxylation is 1. The van der Waals surface area contributed by atoms with Crippen molar-refractivity contribution in [2.24, 2.45) is 0 Å². The molecule has 2 aromatic carbocycles. The third kappa shape index (κ3) is 8.55. The molecule has 3 unspecified atom stereocenters. The first-order valence-electron chi connectivity index (χ1n) is 12.3. The van der Waals surface area contributed by atoms with Crippen LogP contribution in [0.4, 0.5) is 8.78 Å². The van der Waals surface area contributed by atoms with Crippen LogP contribution in [0.5, 0.6) is 0 Å². The molecule has 0 amide bonds. The zero-order valence-electron chi connectivity index (χ0n) is 20.7. The minimum atomic E-state index is -1.05. The smallest absolute Gasteiger partial charge is 0.110 e. The molecule has 0 saturated heterocycles. The van der Waals surface area contributed by atoms with Crippen molar-refractivity contribution in [3.8, 4) is 6.07 Å². The van der Waals surface area contributed by atoms with Crippen molar-refractivity contribution in [3.05, 3.63) is 71.3 Å². The van der Waals surface area contributed by atoms with Crippen molar-refractivity contribution in [3.63, 3.8) is 0 Å². The summed E-state index contributed by atoms with van der Waals surface area (Å²) in [6, 6.07) is 21.4. The normalized spacial score (nSPS) is 21.2. The molecule has 1 aliphatic rings. The van der Waals surface area contributed by atoms with E-state index in [0.29, 0.717) is 31.3 Å². The largest absolute Gasteiger partial charge is 0.298 e. The molecule has 0 spiro atoms. The molecule has 0 radical (unpaired) electrons. The SMILES string of the molecule is CC#N.CC(C)N(CCc1ccccc1)C(C)CCc1ccc(C2C(F)CCCC2F)cc1. The molecule has 1 fully saturated rings. The minimum absolute atomic E-state index is 0.483. The van der Waals surface area contributed by atoms with Crippen LogP contribution in [0.2, 0.25) is 0 Å². The lowest BCUT2D eigenvalue weighted by Crippen LogP contribution is -2.40. The molecular weight excluding hydrogens is 414 g/mol. The average molecular weight is 455 g/mol. The Labute approximate surface area is 199 Å². The zero-order valence-corrected chi connectivity index (χ0v) is 20.7. The number of halogens is 2. The van der Waals surface area contributed by atoms with Gasteiger partial charge in [0.15, 0.2) is 0 Å². The van der Waals surface area contributed by atoms with Gasteiger partial charge < -0.3 is 0 Å². The highest BCUT2D eigenvalue weighted by atomic mass is 19.1. The number of alkyl halides is 2. The lowest BCUT2D eigenvalue weighted by atomic mass is 9.81. The summed E-state index contributed by atoms with van der Waals surface area (Å²) in [6.07, 6.45) is 2.65. The Balaban J connectivity index is 0.00000122. The first kappa shape index (κ1) is 27.0. The summed E-state index contributed by atoms with van der Waals surface area (Å²) in [5.74, 6) is -0.582. The van der Waals surface area contributed by atoms with Crippen LogP contribution < -0.4 is 0 Å². The molecule has 0 aliphatic heterocycles. The van der Waals surface area contributed by atoms with Gasteiger partial charge in [-0.1, -0.05) is 54.6 Å². The summed E-state index contributed by atoms with van der Waals surface area (Å²) in [7, 11) is 0. The van der Waals surface area contributed by atoms with Gasteiger partial charge in [-0.25, -0.2) is 8.78 Å². The van der Waals surface area contributed by atoms with Gasteiger partial charge in [0, 0.05) is 31.5 Å². The van der Waals surface area contributed by atoms with Crippen LogP contribution in [0.25, 0.3) is 0 Å². The van der Waals surface area contributed by atoms with Crippen molar-refractivity contribution in [2.75, 3.05) is 6.54 Å². The fourth-order valence-electron chi connectivity index (χ4n) is 4.85. The summed E-state index contributed by atoms with van der Waals surface area (Å²) in [4.78, 5) is 2.57. The molecule has 3 rings (SSSR count). The second kappa shape index (κ2) is 14.1. The van der Waals surface area contributed by atoms with Gasteiger partial charge in [0.1, 0.15) is 12.3 Å². The summed E-state index contributed by atoms with van der Waals surface area (Å²) < 4.78 is 28.5. The van der Waals surface area contributed by atoms with Crippen LogP contribution in [0.15, 0.2) is 54.6 Å². The van der Waals surface area contributed by atoms with Gasteiger partial charge in [0.05, 0.1) is 6.07 Å². The molecule has 0 heterocycles. The maximum atomic E-state index is 14.3. The van der Waals surface area contributed by atoms with E-state index in [-0.39, 0.29) is 0 Å². The molecule has 0 N–H and O–H groups in total. The highest BCUT2D eigenvalue weighted by molar-refractivity contribution is 5.28. The van der Waals surface area contributed by atoms with E-state index >= 15 is 0 Å². The molecular formula is C29H40F2N2. The van der Waals surface area contributed by atoms with E-state index in [2.05, 4.69) is 68.1 Å². The van der Waals surface area contributed by atoms with E-state index in [0.717, 1.165) is 31.4 Å². The van der Waals surface area contributed by atoms with Crippen LogP contribution in [0.1, 0.15) is 76.0 Å². The molecule has 2 aromatic rings. The van der Waals surface area contributed by atoms with Crippen LogP contribution in [0, 0.1) is 11.3 Å². The fraction of sp³-hybridized carbons (Fsp3) is 0.552. The van der Waals surface area contributed by atoms with Crippen molar-refractivity contribution in [1.82, 2.24) is 4.90 Å². The van der Waals surface area contributed by atoms with E-state index in [1.807, 2.05) is 12.1 Å². The standard InChI is InChI=1S/C27H37F2N.C2H3N/c1-20(2)30(19-18-22-8-5-4-6-9-22)21(3)12-13-23-14-16-24(17-15-23)27-25(28)10-7-11-26(27)29;1-2-3/h4-6,8-9,14-17,20-21,25-27H,7,10-13,18-19H2,1-3H3;1H3. The van der Waals surface area contributed by atoms with E-state index in [1.54, 1.807) is 6.07 Å². The van der Waals surface area contributed by atoms with Gasteiger partial charge in [-0.2, -0.15) is 5.26 Å². The maximum Gasteiger partial charge on any atom is 0.110 e. The van der Waals surface area contributed by atoms with E-state index < -0.39 is 18.3 Å². The van der Waals surface area contributed by atoms with Gasteiger partial charge in [0.2, 0.25) is 0 Å². The summed E-state index contributed by atoms with van der Waals surface area (Å²) >= 11 is 0. The second-order valence-corrected chi connectivity index (χ2v) is 9.41. The Morgan fingerprint density at radius 2 is 1.45 bits per heavy atom. The lowest BCUT2D eigenvalue weighted by Gasteiger charge is -2.33. The number of nitriles is 1. The van der Waals surface area contributed by atoms with Crippen LogP contribution >= 0.6 is 0 Å². The predicted octanol–water partition coefficient (Wildman–Crippen LogP) is 7.43. The quantitative estimate of drug-likeness (QED) is 0.394. The number of hydrogen-bond acceptors (Lipinski definition) is 2. The topological polar surface area (TPSA) is 27.0 Å². The molecule has 1 aliphatic carbocycles. The van der Waals surface area contributed by atoms with E-state index in [4.69, 9.17) is 5.26 Å². The van der Waals surface area contributed by atoms with Crippen molar-refractivity contribution < 1.29 is 8.78 Å². The Morgan fingerprint density at radius 3 is 2.00 bits per heavy atom. The highest BCUT2D eigenvalue weighted by Crippen LogP contribution is 2.37. The van der Waals surface area contributed by atoms with Crippen LogP contribution in [-0.4, -0.2) is 35.9 Å². The Morgan fingerprint density at radius 1 is 0.909 bits per heavy atom. The van der Waals surface area contributed by atoms with E-state index in [1.165, 1.54) is 18.1 Å². The Hall–Kier alpha value is -2.25. The number of nitrogens with zero attached hydrogens (tertiary/aromatic N) is 2. The molecule has 180 valence electrons. The van der Waals surface area contributed by atoms with Gasteiger partial charge in [0.25, 0.3) is 0 Å². The van der Waals surface area contributed by atoms with E-state index in [9.17, 15) is 8.78 Å². The van der Waals surface area contributed by atoms with Gasteiger partial charge in [-0.3, -0.25) is 4.90 Å². The third-order valence-corrected chi connectivity index (χ3v) is 6.69. The molecule has 2 nitrogen and oxygen atoms in total. The van der Waals surface area contributed by atoms with Gasteiger partial charge in [-0.05, 0) is 76.0 Å². The van der Waals surface area contributed by atoms with Crippen LogP contribution in [0.3, 0.4) is 0 Å². The number of rotatable bonds is 9. The molecule has 33 heavy (non-hydrogen) atoms. The Bertz CT molecular complexity index is 819. The first-order chi connectivity index (χ1) is 15.9. The molecule has 3 atom stereocenters. The van der Waals surface area contributed by atoms with Crippen molar-refractivity contribution in [1.29, 1.82) is 5.26 Å². The Kier molecular flexibility index (Phi) is 11.5. The summed E-state index contributed by atoms with van der Waals surface area (Å²) in [6.45, 7) is 9.32. The number of benzene rings is 2. The minimum Gasteiger partial charge on any atom is -0.298 e. The summed E-state index contributed by atoms with van der Waals surface area (Å²) in [5.41, 5.74) is 3.45. The molecule has 1 saturated carbocycles. The lowest BCUT2D eigenvalue weighted by molar-refractivity contribution is 0.124. The molecule has 0 bridgehead atoms. The first-order valence-corrected chi connectivity index (χ1v) is 12.3. The van der Waals surface area contributed by atoms with Crippen LogP contribution in [-0.2, 0) is 12.8 Å². The molecule has 0 aromatic heterocycles. The second-order valence-electron chi connectivity index (χ2n) is 9.41. The van der Waals surface area contributed by atoms with Gasteiger partial charge >= 0.3 is 0 Å². The number of hydrogen-bond donors (Lipinski definition) is 0. The maximum absolute atomic E-state index is 14.3. The van der Waals surface area contributed by atoms with Crippen molar-refractivity contribution in [2.45, 2.75) is 96.6 Å². The zero-order chi connectivity index (χ0) is 24.2. The van der Waals surface area contributed by atoms with Gasteiger partial charge in [-0.15, -0.1) is 0 Å². The predicted molar refractivity (Wildman–Crippen MR) is 134 cm³/mol. The average Bonchev–Trinajstić information content (AvgIpc) is 2.79. The third-order valence-electron chi connectivity index (χ3n) is 6.69. The van der Waals surface area contributed by atoms with Crippen molar-refractivity contribution >= 4 is 0 Å². The monoisotopic (exact) mass is 454 g/mol. The molecule has 4 heteroatoms. The highest BCUT2D eigenvalue weighted by Gasteiger charge is 2.34. The fourth-order valence-corrected chi connectivity index (χ4v) is 4.85.